The number of hydrogen-bond acceptors (Lipinski definition) is 4. The number of benzene rings is 1. The second-order valence-corrected chi connectivity index (χ2v) is 4.22. The molecule has 1 aromatic rings. The van der Waals surface area contributed by atoms with Gasteiger partial charge in [-0.2, -0.15) is 0 Å². The van der Waals surface area contributed by atoms with Crippen molar-refractivity contribution < 1.29 is 28.6 Å². The number of carboxylic acid groups (broad SMARTS) is 1. The minimum Gasteiger partial charge on any atom is -0.494 e. The number of carbonyl (C=O) groups excluding carboxylic acids is 2. The van der Waals surface area contributed by atoms with E-state index in [2.05, 4.69) is 5.32 Å². The molecule has 0 aliphatic carbocycles. The second-order valence-electron chi connectivity index (χ2n) is 4.22. The summed E-state index contributed by atoms with van der Waals surface area (Å²) in [5.41, 5.74) is 4.87. The molecule has 0 aliphatic heterocycles. The molecule has 114 valence electrons. The van der Waals surface area contributed by atoms with E-state index in [-0.39, 0.29) is 24.2 Å². The van der Waals surface area contributed by atoms with Crippen molar-refractivity contribution in [3.05, 3.63) is 29.6 Å². The zero-order valence-electron chi connectivity index (χ0n) is 11.3. The van der Waals surface area contributed by atoms with Gasteiger partial charge in [-0.05, 0) is 24.6 Å². The predicted octanol–water partition coefficient (Wildman–Crippen LogP) is 0.283. The van der Waals surface area contributed by atoms with Crippen LogP contribution in [-0.2, 0) is 9.59 Å². The van der Waals surface area contributed by atoms with Gasteiger partial charge in [-0.15, -0.1) is 0 Å². The van der Waals surface area contributed by atoms with Gasteiger partial charge in [-0.25, -0.2) is 9.18 Å². The Kier molecular flexibility index (Phi) is 5.65. The Morgan fingerprint density at radius 3 is 2.57 bits per heavy atom. The molecule has 0 radical (unpaired) electrons. The van der Waals surface area contributed by atoms with Gasteiger partial charge in [-0.1, -0.05) is 0 Å². The third-order valence-corrected chi connectivity index (χ3v) is 2.70. The fourth-order valence-corrected chi connectivity index (χ4v) is 1.59. The van der Waals surface area contributed by atoms with Gasteiger partial charge in [-0.3, -0.25) is 9.59 Å². The lowest BCUT2D eigenvalue weighted by Crippen LogP contribution is -2.41. The molecule has 1 atom stereocenters. The van der Waals surface area contributed by atoms with Crippen LogP contribution in [0.25, 0.3) is 0 Å². The normalized spacial score (nSPS) is 11.5. The van der Waals surface area contributed by atoms with E-state index >= 15 is 0 Å². The van der Waals surface area contributed by atoms with E-state index < -0.39 is 29.6 Å². The highest BCUT2D eigenvalue weighted by Gasteiger charge is 2.21. The fraction of sp³-hybridized carbons (Fsp3) is 0.308. The predicted molar refractivity (Wildman–Crippen MR) is 70.3 cm³/mol. The number of carbonyl (C=O) groups is 3. The minimum absolute atomic E-state index is 0.0323. The van der Waals surface area contributed by atoms with Gasteiger partial charge >= 0.3 is 5.97 Å². The van der Waals surface area contributed by atoms with Gasteiger partial charge in [0.1, 0.15) is 6.04 Å². The summed E-state index contributed by atoms with van der Waals surface area (Å²) in [5, 5.41) is 11.2. The van der Waals surface area contributed by atoms with Crippen LogP contribution < -0.4 is 15.8 Å². The van der Waals surface area contributed by atoms with Crippen LogP contribution in [0.5, 0.6) is 5.75 Å². The monoisotopic (exact) mass is 298 g/mol. The Morgan fingerprint density at radius 1 is 1.43 bits per heavy atom. The average molecular weight is 298 g/mol. The van der Waals surface area contributed by atoms with Crippen molar-refractivity contribution in [2.45, 2.75) is 18.9 Å². The number of halogens is 1. The van der Waals surface area contributed by atoms with E-state index in [1.54, 1.807) is 0 Å². The maximum absolute atomic E-state index is 13.5. The largest absolute Gasteiger partial charge is 0.494 e. The molecule has 0 aliphatic rings. The molecule has 4 N–H and O–H groups in total. The molecule has 0 saturated heterocycles. The van der Waals surface area contributed by atoms with Gasteiger partial charge in [0.05, 0.1) is 7.11 Å². The van der Waals surface area contributed by atoms with Crippen LogP contribution in [0.1, 0.15) is 23.2 Å². The Hall–Kier alpha value is -2.64. The van der Waals surface area contributed by atoms with Crippen molar-refractivity contribution in [2.24, 2.45) is 5.73 Å². The number of nitrogens with two attached hydrogens (primary N) is 1. The number of primary amides is 1. The summed E-state index contributed by atoms with van der Waals surface area (Å²) in [6.07, 6.45) is -0.330. The van der Waals surface area contributed by atoms with Crippen LogP contribution >= 0.6 is 0 Å². The maximum atomic E-state index is 13.5. The van der Waals surface area contributed by atoms with Gasteiger partial charge in [0, 0.05) is 12.0 Å². The summed E-state index contributed by atoms with van der Waals surface area (Å²) in [6.45, 7) is 0. The molecule has 0 bridgehead atoms. The first-order chi connectivity index (χ1) is 9.85. The lowest BCUT2D eigenvalue weighted by atomic mass is 10.1. The molecular formula is C13H15FN2O5. The SMILES string of the molecule is COc1ccc(C(=O)NC(CCC(N)=O)C(=O)O)cc1F. The molecule has 21 heavy (non-hydrogen) atoms. The van der Waals surface area contributed by atoms with Crippen LogP contribution in [-0.4, -0.2) is 36.0 Å². The van der Waals surface area contributed by atoms with Gasteiger partial charge in [0.15, 0.2) is 11.6 Å². The number of methoxy groups -OCH3 is 1. The van der Waals surface area contributed by atoms with E-state index in [0.29, 0.717) is 0 Å². The molecule has 7 nitrogen and oxygen atoms in total. The quantitative estimate of drug-likeness (QED) is 0.668. The Labute approximate surface area is 119 Å². The Morgan fingerprint density at radius 2 is 2.10 bits per heavy atom. The van der Waals surface area contributed by atoms with Crippen molar-refractivity contribution in [2.75, 3.05) is 7.11 Å². The van der Waals surface area contributed by atoms with Crippen molar-refractivity contribution in [1.29, 1.82) is 0 Å². The van der Waals surface area contributed by atoms with Crippen LogP contribution in [0.3, 0.4) is 0 Å². The van der Waals surface area contributed by atoms with Gasteiger partial charge in [0.25, 0.3) is 5.91 Å². The first-order valence-electron chi connectivity index (χ1n) is 6.00. The van der Waals surface area contributed by atoms with E-state index in [1.807, 2.05) is 0 Å². The third-order valence-electron chi connectivity index (χ3n) is 2.70. The number of carboxylic acids is 1. The van der Waals surface area contributed by atoms with E-state index in [9.17, 15) is 18.8 Å². The molecule has 0 saturated carbocycles. The molecule has 2 amide bonds. The first-order valence-corrected chi connectivity index (χ1v) is 6.00. The number of ether oxygens (including phenoxy) is 1. The van der Waals surface area contributed by atoms with Gasteiger partial charge < -0.3 is 20.9 Å². The van der Waals surface area contributed by atoms with Crippen LogP contribution in [0, 0.1) is 5.82 Å². The molecule has 0 fully saturated rings. The lowest BCUT2D eigenvalue weighted by Gasteiger charge is -2.14. The van der Waals surface area contributed by atoms with E-state index in [4.69, 9.17) is 15.6 Å². The molecule has 8 heteroatoms. The molecule has 0 heterocycles. The highest BCUT2D eigenvalue weighted by molar-refractivity contribution is 5.96. The second kappa shape index (κ2) is 7.22. The number of rotatable bonds is 7. The standard InChI is InChI=1S/C13H15FN2O5/c1-21-10-4-2-7(6-8(10)14)12(18)16-9(13(19)20)3-5-11(15)17/h2,4,6,9H,3,5H2,1H3,(H2,15,17)(H,16,18)(H,19,20). The minimum atomic E-state index is -1.31. The smallest absolute Gasteiger partial charge is 0.326 e. The number of amides is 2. The van der Waals surface area contributed by atoms with Crippen molar-refractivity contribution >= 4 is 17.8 Å². The first kappa shape index (κ1) is 16.4. The van der Waals surface area contributed by atoms with Crippen LogP contribution in [0.2, 0.25) is 0 Å². The summed E-state index contributed by atoms with van der Waals surface area (Å²) in [6, 6.07) is 2.20. The summed E-state index contributed by atoms with van der Waals surface area (Å²) >= 11 is 0. The molecular weight excluding hydrogens is 283 g/mol. The van der Waals surface area contributed by atoms with Crippen molar-refractivity contribution in [3.63, 3.8) is 0 Å². The van der Waals surface area contributed by atoms with Gasteiger partial charge in [0.2, 0.25) is 5.91 Å². The summed E-state index contributed by atoms with van der Waals surface area (Å²) in [4.78, 5) is 33.5. The summed E-state index contributed by atoms with van der Waals surface area (Å²) in [5.74, 6) is -3.53. The zero-order valence-corrected chi connectivity index (χ0v) is 11.3. The summed E-state index contributed by atoms with van der Waals surface area (Å²) < 4.78 is 18.2. The zero-order chi connectivity index (χ0) is 16.0. The molecule has 1 aromatic carbocycles. The topological polar surface area (TPSA) is 119 Å². The van der Waals surface area contributed by atoms with Crippen molar-refractivity contribution in [1.82, 2.24) is 5.32 Å². The Bertz CT molecular complexity index is 561. The maximum Gasteiger partial charge on any atom is 0.326 e. The highest BCUT2D eigenvalue weighted by atomic mass is 19.1. The average Bonchev–Trinajstić information content (AvgIpc) is 2.42. The van der Waals surface area contributed by atoms with E-state index in [1.165, 1.54) is 19.2 Å². The number of nitrogens with one attached hydrogen (secondary N) is 1. The number of hydrogen-bond donors (Lipinski definition) is 3. The lowest BCUT2D eigenvalue weighted by molar-refractivity contribution is -0.139. The molecule has 0 aromatic heterocycles. The third kappa shape index (κ3) is 4.75. The summed E-state index contributed by atoms with van der Waals surface area (Å²) in [7, 11) is 1.28. The number of aliphatic carboxylic acids is 1. The molecule has 1 unspecified atom stereocenters. The van der Waals surface area contributed by atoms with Crippen LogP contribution in [0.15, 0.2) is 18.2 Å². The Balaban J connectivity index is 2.79. The fourth-order valence-electron chi connectivity index (χ4n) is 1.59. The van der Waals surface area contributed by atoms with E-state index in [0.717, 1.165) is 6.07 Å². The van der Waals surface area contributed by atoms with Crippen LogP contribution in [0.4, 0.5) is 4.39 Å². The van der Waals surface area contributed by atoms with Crippen molar-refractivity contribution in [3.8, 4) is 5.75 Å². The molecule has 0 spiro atoms. The molecule has 1 rings (SSSR count). The highest BCUT2D eigenvalue weighted by Crippen LogP contribution is 2.17.